The lowest BCUT2D eigenvalue weighted by Gasteiger charge is -2.31. The van der Waals surface area contributed by atoms with Crippen LogP contribution in [0.15, 0.2) is 35.3 Å². The predicted octanol–water partition coefficient (Wildman–Crippen LogP) is -3.15. The van der Waals surface area contributed by atoms with Crippen molar-refractivity contribution in [1.29, 1.82) is 0 Å². The molecule has 7 N–H and O–H groups in total. The van der Waals surface area contributed by atoms with Crippen LogP contribution < -0.4 is 27.7 Å². The van der Waals surface area contributed by atoms with Gasteiger partial charge in [0.05, 0.1) is 38.4 Å². The Labute approximate surface area is 280 Å². The monoisotopic (exact) mass is 616 g/mol. The van der Waals surface area contributed by atoms with Crippen molar-refractivity contribution in [2.24, 2.45) is 5.73 Å². The average Bonchev–Trinajstić information content (AvgIpc) is 3.44. The molecule has 0 unspecified atom stereocenters. The highest BCUT2D eigenvalue weighted by molar-refractivity contribution is 7.64. The van der Waals surface area contributed by atoms with E-state index in [4.69, 9.17) is 16.2 Å². The number of fused-ring (bicyclic) bond motifs is 3. The SMILES string of the molecule is NC(=O)CC[C@H](NCCC[C@]12[B][B][B][B][B][B][B][C@@H]([B][B]1)[B]2)C(=O)OC(=O)c1ccc(NCc2cnc3nc(N)[nH]c(=O)c3n2)cc1. The Morgan fingerprint density at radius 1 is 1.04 bits per heavy atom. The van der Waals surface area contributed by atoms with E-state index in [9.17, 15) is 19.2 Å². The fourth-order valence-corrected chi connectivity index (χ4v) is 5.32. The molecule has 1 amide bonds. The fourth-order valence-electron chi connectivity index (χ4n) is 5.32. The number of hydrogen-bond acceptors (Lipinski definition) is 11. The minimum Gasteiger partial charge on any atom is -0.388 e. The van der Waals surface area contributed by atoms with E-state index in [1.807, 2.05) is 35.3 Å². The second-order valence-corrected chi connectivity index (χ2v) is 11.3. The number of aromatic amines is 1. The van der Waals surface area contributed by atoms with E-state index < -0.39 is 29.4 Å². The second kappa shape index (κ2) is 16.4. The van der Waals surface area contributed by atoms with E-state index in [-0.39, 0.29) is 52.8 Å². The van der Waals surface area contributed by atoms with Crippen LogP contribution in [-0.2, 0) is 20.9 Å². The normalized spacial score (nSPS) is 18.7. The molecule has 10 radical (unpaired) electrons. The van der Waals surface area contributed by atoms with Gasteiger partial charge in [-0.2, -0.15) is 4.98 Å². The third-order valence-corrected chi connectivity index (χ3v) is 7.73. The van der Waals surface area contributed by atoms with Gasteiger partial charge in [0, 0.05) is 68.9 Å². The smallest absolute Gasteiger partial charge is 0.345 e. The molecule has 1 aromatic carbocycles. The van der Waals surface area contributed by atoms with E-state index in [0.29, 0.717) is 17.9 Å². The molecule has 0 aliphatic carbocycles. The largest absolute Gasteiger partial charge is 0.388 e. The van der Waals surface area contributed by atoms with Gasteiger partial charge in [-0.1, -0.05) is 6.42 Å². The molecule has 2 saturated heterocycles. The molecular formula is C24H26B10N8O5. The number of nitrogen functional groups attached to an aromatic ring is 1. The number of anilines is 2. The van der Waals surface area contributed by atoms with Crippen molar-refractivity contribution in [2.45, 2.75) is 49.0 Å². The van der Waals surface area contributed by atoms with Gasteiger partial charge in [-0.3, -0.25) is 14.6 Å². The summed E-state index contributed by atoms with van der Waals surface area (Å²) >= 11 is 0. The third-order valence-electron chi connectivity index (χ3n) is 7.73. The number of rotatable bonds is 13. The maximum atomic E-state index is 13.0. The van der Waals surface area contributed by atoms with Crippen molar-refractivity contribution in [3.8, 4) is 0 Å². The summed E-state index contributed by atoms with van der Waals surface area (Å²) in [6, 6.07) is 5.43. The van der Waals surface area contributed by atoms with E-state index in [1.54, 1.807) is 12.1 Å². The van der Waals surface area contributed by atoms with Crippen LogP contribution in [0.3, 0.4) is 0 Å². The van der Waals surface area contributed by atoms with Crippen molar-refractivity contribution in [3.05, 3.63) is 52.1 Å². The van der Waals surface area contributed by atoms with Gasteiger partial charge < -0.3 is 26.8 Å². The lowest BCUT2D eigenvalue weighted by Crippen LogP contribution is -2.42. The molecule has 13 nitrogen and oxygen atoms in total. The topological polar surface area (TPSA) is 208 Å². The number of nitrogens with one attached hydrogen (secondary N) is 3. The molecule has 2 aliphatic rings. The lowest BCUT2D eigenvalue weighted by molar-refractivity contribution is -0.140. The number of benzene rings is 1. The minimum absolute atomic E-state index is 0.0393. The number of primary amides is 1. The van der Waals surface area contributed by atoms with Gasteiger partial charge in [0.15, 0.2) is 11.2 Å². The van der Waals surface area contributed by atoms with Crippen LogP contribution in [0.2, 0.25) is 10.7 Å². The number of H-pyrrole nitrogens is 1. The number of carbonyl (C=O) groups is 3. The number of hydrogen-bond donors (Lipinski definition) is 5. The molecule has 47 heavy (non-hydrogen) atoms. The second-order valence-electron chi connectivity index (χ2n) is 11.3. The first kappa shape index (κ1) is 34.6. The molecular weight excluding hydrogens is 588 g/mol. The Kier molecular flexibility index (Phi) is 12.1. The first-order valence-corrected chi connectivity index (χ1v) is 15.2. The summed E-state index contributed by atoms with van der Waals surface area (Å²) < 4.78 is 5.19. The molecule has 23 heteroatoms. The summed E-state index contributed by atoms with van der Waals surface area (Å²) in [5, 5.41) is 6.08. The molecule has 2 aromatic heterocycles. The summed E-state index contributed by atoms with van der Waals surface area (Å²) in [5.74, 6) is -2.20. The molecule has 222 valence electrons. The van der Waals surface area contributed by atoms with Crippen LogP contribution in [-0.4, -0.2) is 122 Å². The van der Waals surface area contributed by atoms with Crippen LogP contribution in [0.25, 0.3) is 11.2 Å². The molecule has 3 atom stereocenters. The molecule has 0 saturated carbocycles. The molecule has 2 fully saturated rings. The maximum Gasteiger partial charge on any atom is 0.345 e. The van der Waals surface area contributed by atoms with Crippen molar-refractivity contribution in [1.82, 2.24) is 25.3 Å². The third kappa shape index (κ3) is 9.88. The predicted molar refractivity (Wildman–Crippen MR) is 190 cm³/mol. The summed E-state index contributed by atoms with van der Waals surface area (Å²) in [4.78, 5) is 64.2. The number of nitrogens with zero attached hydrogens (tertiary/aromatic N) is 3. The molecule has 2 bridgehead atoms. The first-order chi connectivity index (χ1) is 22.7. The number of amides is 1. The van der Waals surface area contributed by atoms with Crippen LogP contribution in [0, 0.1) is 0 Å². The Morgan fingerprint density at radius 2 is 1.83 bits per heavy atom. The highest BCUT2D eigenvalue weighted by atomic mass is 16.6. The van der Waals surface area contributed by atoms with Crippen LogP contribution >= 0.6 is 0 Å². The number of aromatic nitrogens is 4. The highest BCUT2D eigenvalue weighted by Gasteiger charge is 2.39. The van der Waals surface area contributed by atoms with Gasteiger partial charge >= 0.3 is 11.9 Å². The van der Waals surface area contributed by atoms with E-state index in [2.05, 4.69) is 66.5 Å². The van der Waals surface area contributed by atoms with Gasteiger partial charge in [0.25, 0.3) is 5.56 Å². The van der Waals surface area contributed by atoms with Gasteiger partial charge in [0.2, 0.25) is 11.9 Å². The Morgan fingerprint density at radius 3 is 2.64 bits per heavy atom. The van der Waals surface area contributed by atoms with E-state index in [0.717, 1.165) is 12.8 Å². The van der Waals surface area contributed by atoms with E-state index in [1.165, 1.54) is 18.3 Å². The highest BCUT2D eigenvalue weighted by Crippen LogP contribution is 2.36. The zero-order valence-electron chi connectivity index (χ0n) is 25.6. The number of nitrogens with two attached hydrogens (primary N) is 2. The van der Waals surface area contributed by atoms with Crippen LogP contribution in [0.4, 0.5) is 11.6 Å². The number of ether oxygens (including phenoxy) is 1. The molecule has 4 heterocycles. The van der Waals surface area contributed by atoms with Crippen molar-refractivity contribution in [3.63, 3.8) is 0 Å². The number of esters is 2. The minimum atomic E-state index is -0.885. The zero-order chi connectivity index (χ0) is 33.2. The van der Waals surface area contributed by atoms with E-state index >= 15 is 0 Å². The first-order valence-electron chi connectivity index (χ1n) is 15.2. The summed E-state index contributed by atoms with van der Waals surface area (Å²) in [6.45, 7) is 0.705. The van der Waals surface area contributed by atoms with Crippen LogP contribution in [0.1, 0.15) is 41.7 Å². The quantitative estimate of drug-likeness (QED) is 0.0562. The van der Waals surface area contributed by atoms with Crippen molar-refractivity contribution in [2.75, 3.05) is 17.6 Å². The van der Waals surface area contributed by atoms with Gasteiger partial charge in [-0.25, -0.2) is 19.6 Å². The Balaban J connectivity index is 1.11. The molecule has 2 aliphatic heterocycles. The summed E-state index contributed by atoms with van der Waals surface area (Å²) in [6.07, 6.45) is 3.08. The Hall–Kier alpha value is -3.74. The molecule has 3 aromatic rings. The lowest BCUT2D eigenvalue weighted by atomic mass is 8.89. The van der Waals surface area contributed by atoms with Gasteiger partial charge in [0.1, 0.15) is 6.04 Å². The molecule has 0 spiro atoms. The molecule has 5 rings (SSSR count). The summed E-state index contributed by atoms with van der Waals surface area (Å²) in [7, 11) is 21.0. The Bertz CT molecular complexity index is 1640. The zero-order valence-corrected chi connectivity index (χ0v) is 25.6. The average molecular weight is 615 g/mol. The maximum absolute atomic E-state index is 13.0. The summed E-state index contributed by atoms with van der Waals surface area (Å²) in [5.41, 5.74) is 12.1. The number of carbonyl (C=O) groups excluding carboxylic acids is 3. The standard InChI is InChI=1S/C24H26B10N8O5/c35-16(43)7-6-15(37-9-1-8-24-25-22(26-28-24)27-30-32-34-33-31-29-24)21(46)47-20(45)12-2-4-13(5-3-12)38-10-14-11-39-18-17(40-14)19(44)42-23(36)41-18/h2-5,11,15,22,37-38H,1,6-10H2,(H2,35,43)(H3,36,39,41,42,44)/t15-,22+,24+/m0/s1. The van der Waals surface area contributed by atoms with Crippen molar-refractivity contribution >= 4 is 112 Å². The fraction of sp³-hybridized carbons (Fsp3) is 0.375. The van der Waals surface area contributed by atoms with Crippen molar-refractivity contribution < 1.29 is 19.1 Å². The van der Waals surface area contributed by atoms with Gasteiger partial charge in [-0.15, -0.1) is 10.7 Å². The van der Waals surface area contributed by atoms with Gasteiger partial charge in [-0.05, 0) is 43.7 Å². The van der Waals surface area contributed by atoms with Crippen LogP contribution in [0.5, 0.6) is 0 Å².